The first-order valence-electron chi connectivity index (χ1n) is 9.59. The van der Waals surface area contributed by atoms with Gasteiger partial charge in [-0.3, -0.25) is 4.79 Å². The summed E-state index contributed by atoms with van der Waals surface area (Å²) >= 11 is 0. The van der Waals surface area contributed by atoms with E-state index in [1.54, 1.807) is 37.3 Å². The summed E-state index contributed by atoms with van der Waals surface area (Å²) in [5, 5.41) is 19.5. The third-order valence-electron chi connectivity index (χ3n) is 4.89. The second kappa shape index (κ2) is 8.86. The van der Waals surface area contributed by atoms with Crippen molar-refractivity contribution in [3.63, 3.8) is 0 Å². The van der Waals surface area contributed by atoms with Crippen LogP contribution in [-0.4, -0.2) is 28.9 Å². The molecule has 2 atom stereocenters. The summed E-state index contributed by atoms with van der Waals surface area (Å²) in [4.78, 5) is 23.8. The summed E-state index contributed by atoms with van der Waals surface area (Å²) in [5.41, 5.74) is 1.66. The molecular weight excluding hydrogens is 376 g/mol. The maximum absolute atomic E-state index is 12.0. The third kappa shape index (κ3) is 4.29. The van der Waals surface area contributed by atoms with E-state index in [0.29, 0.717) is 41.2 Å². The highest BCUT2D eigenvalue weighted by molar-refractivity contribution is 5.78. The van der Waals surface area contributed by atoms with Gasteiger partial charge in [-0.25, -0.2) is 4.79 Å². The molecule has 0 radical (unpaired) electrons. The first-order chi connectivity index (χ1) is 14.0. The lowest BCUT2D eigenvalue weighted by Gasteiger charge is -2.23. The average Bonchev–Trinajstić information content (AvgIpc) is 3.15. The van der Waals surface area contributed by atoms with E-state index in [2.05, 4.69) is 0 Å². The molecule has 0 aromatic heterocycles. The van der Waals surface area contributed by atoms with Crippen LogP contribution in [0.4, 0.5) is 0 Å². The Morgan fingerprint density at radius 1 is 1.07 bits per heavy atom. The van der Waals surface area contributed by atoms with Gasteiger partial charge in [-0.05, 0) is 30.5 Å². The summed E-state index contributed by atoms with van der Waals surface area (Å²) < 4.78 is 16.6. The number of hydrogen-bond acceptors (Lipinski definition) is 5. The number of carboxylic acid groups (broad SMARTS) is 2. The summed E-state index contributed by atoms with van der Waals surface area (Å²) in [6, 6.07) is 10.2. The SMILES string of the molecule is CCCc1cccc(C(CC)C(=O)O)c1OC(C(=O)O)c1ccc2c(c1)OCO2. The average molecular weight is 400 g/mol. The van der Waals surface area contributed by atoms with Crippen molar-refractivity contribution in [2.75, 3.05) is 6.79 Å². The van der Waals surface area contributed by atoms with Crippen molar-refractivity contribution in [2.45, 2.75) is 45.1 Å². The van der Waals surface area contributed by atoms with Gasteiger partial charge < -0.3 is 24.4 Å². The van der Waals surface area contributed by atoms with Gasteiger partial charge in [0.05, 0.1) is 5.92 Å². The number of ether oxygens (including phenoxy) is 3. The van der Waals surface area contributed by atoms with Crippen molar-refractivity contribution in [3.8, 4) is 17.2 Å². The number of benzene rings is 2. The van der Waals surface area contributed by atoms with Crippen molar-refractivity contribution in [3.05, 3.63) is 53.1 Å². The molecule has 2 N–H and O–H groups in total. The second-order valence-corrected chi connectivity index (χ2v) is 6.83. The molecule has 7 nitrogen and oxygen atoms in total. The van der Waals surface area contributed by atoms with E-state index >= 15 is 0 Å². The maximum atomic E-state index is 12.0. The van der Waals surface area contributed by atoms with Gasteiger partial charge in [0, 0.05) is 11.1 Å². The highest BCUT2D eigenvalue weighted by atomic mass is 16.7. The van der Waals surface area contributed by atoms with Gasteiger partial charge in [0.2, 0.25) is 12.9 Å². The Bertz CT molecular complexity index is 906. The lowest BCUT2D eigenvalue weighted by atomic mass is 9.92. The van der Waals surface area contributed by atoms with Crippen molar-refractivity contribution >= 4 is 11.9 Å². The molecule has 2 aromatic carbocycles. The molecule has 0 spiro atoms. The Labute approximate surface area is 168 Å². The van der Waals surface area contributed by atoms with E-state index in [1.807, 2.05) is 13.0 Å². The van der Waals surface area contributed by atoms with Crippen LogP contribution in [0.3, 0.4) is 0 Å². The van der Waals surface area contributed by atoms with Crippen LogP contribution in [0.25, 0.3) is 0 Å². The van der Waals surface area contributed by atoms with Crippen molar-refractivity contribution in [1.82, 2.24) is 0 Å². The number of aryl methyl sites for hydroxylation is 1. The Kier molecular flexibility index (Phi) is 6.26. The van der Waals surface area contributed by atoms with E-state index in [0.717, 1.165) is 12.0 Å². The van der Waals surface area contributed by atoms with Crippen LogP contribution in [-0.2, 0) is 16.0 Å². The van der Waals surface area contributed by atoms with Crippen LogP contribution >= 0.6 is 0 Å². The number of rotatable bonds is 9. The van der Waals surface area contributed by atoms with Crippen LogP contribution in [0, 0.1) is 0 Å². The number of carboxylic acids is 2. The standard InChI is InChI=1S/C22H24O7/c1-3-6-13-7-5-8-16(15(4-2)21(23)24)19(13)29-20(22(25)26)14-9-10-17-18(11-14)28-12-27-17/h5,7-11,15,20H,3-4,6,12H2,1-2H3,(H,23,24)(H,25,26). The monoisotopic (exact) mass is 400 g/mol. The summed E-state index contributed by atoms with van der Waals surface area (Å²) in [7, 11) is 0. The third-order valence-corrected chi connectivity index (χ3v) is 4.89. The van der Waals surface area contributed by atoms with Crippen LogP contribution in [0.1, 0.15) is 55.4 Å². The minimum absolute atomic E-state index is 0.0810. The molecule has 0 aliphatic carbocycles. The zero-order chi connectivity index (χ0) is 21.0. The lowest BCUT2D eigenvalue weighted by Crippen LogP contribution is -2.21. The summed E-state index contributed by atoms with van der Waals surface area (Å²) in [5.74, 6) is -1.61. The quantitative estimate of drug-likeness (QED) is 0.652. The molecule has 2 unspecified atom stereocenters. The number of aliphatic carboxylic acids is 2. The fourth-order valence-electron chi connectivity index (χ4n) is 3.47. The fraction of sp³-hybridized carbons (Fsp3) is 0.364. The molecule has 3 rings (SSSR count). The van der Waals surface area contributed by atoms with Crippen molar-refractivity contribution in [2.24, 2.45) is 0 Å². The summed E-state index contributed by atoms with van der Waals surface area (Å²) in [6.45, 7) is 3.86. The van der Waals surface area contributed by atoms with Crippen LogP contribution in [0.15, 0.2) is 36.4 Å². The summed E-state index contributed by atoms with van der Waals surface area (Å²) in [6.07, 6.45) is 0.508. The van der Waals surface area contributed by atoms with E-state index in [1.165, 1.54) is 0 Å². The first-order valence-corrected chi connectivity index (χ1v) is 9.59. The maximum Gasteiger partial charge on any atom is 0.349 e. The molecule has 1 aliphatic rings. The number of hydrogen-bond donors (Lipinski definition) is 2. The van der Waals surface area contributed by atoms with Gasteiger partial charge in [-0.2, -0.15) is 0 Å². The molecule has 0 saturated carbocycles. The lowest BCUT2D eigenvalue weighted by molar-refractivity contribution is -0.145. The zero-order valence-corrected chi connectivity index (χ0v) is 16.4. The van der Waals surface area contributed by atoms with Crippen LogP contribution in [0.2, 0.25) is 0 Å². The van der Waals surface area contributed by atoms with E-state index in [9.17, 15) is 19.8 Å². The van der Waals surface area contributed by atoms with Gasteiger partial charge in [0.25, 0.3) is 0 Å². The number of fused-ring (bicyclic) bond motifs is 1. The van der Waals surface area contributed by atoms with Gasteiger partial charge in [-0.1, -0.05) is 44.5 Å². The predicted molar refractivity (Wildman–Crippen MR) is 105 cm³/mol. The molecule has 7 heteroatoms. The largest absolute Gasteiger partial charge is 0.481 e. The topological polar surface area (TPSA) is 102 Å². The first kappa shape index (κ1) is 20.5. The molecule has 0 amide bonds. The second-order valence-electron chi connectivity index (χ2n) is 6.83. The highest BCUT2D eigenvalue weighted by Gasteiger charge is 2.29. The van der Waals surface area contributed by atoms with Crippen LogP contribution < -0.4 is 14.2 Å². The van der Waals surface area contributed by atoms with E-state index in [4.69, 9.17) is 14.2 Å². The Balaban J connectivity index is 2.05. The molecule has 0 bridgehead atoms. The van der Waals surface area contributed by atoms with Gasteiger partial charge >= 0.3 is 11.9 Å². The molecule has 2 aromatic rings. The molecule has 0 saturated heterocycles. The number of para-hydroxylation sites is 1. The minimum atomic E-state index is -1.31. The molecule has 1 aliphatic heterocycles. The van der Waals surface area contributed by atoms with Gasteiger partial charge in [0.15, 0.2) is 11.5 Å². The van der Waals surface area contributed by atoms with Crippen molar-refractivity contribution in [1.29, 1.82) is 0 Å². The molecular formula is C22H24O7. The van der Waals surface area contributed by atoms with E-state index in [-0.39, 0.29) is 6.79 Å². The van der Waals surface area contributed by atoms with Crippen LogP contribution in [0.5, 0.6) is 17.2 Å². The normalized spacial score (nSPS) is 14.3. The predicted octanol–water partition coefficient (Wildman–Crippen LogP) is 4.15. The highest BCUT2D eigenvalue weighted by Crippen LogP contribution is 2.39. The fourth-order valence-corrected chi connectivity index (χ4v) is 3.47. The minimum Gasteiger partial charge on any atom is -0.481 e. The molecule has 1 heterocycles. The Morgan fingerprint density at radius 3 is 2.48 bits per heavy atom. The van der Waals surface area contributed by atoms with Gasteiger partial charge in [-0.15, -0.1) is 0 Å². The van der Waals surface area contributed by atoms with Crippen molar-refractivity contribution < 1.29 is 34.0 Å². The molecule has 154 valence electrons. The smallest absolute Gasteiger partial charge is 0.349 e. The number of carbonyl (C=O) groups is 2. The Morgan fingerprint density at radius 2 is 1.83 bits per heavy atom. The zero-order valence-electron chi connectivity index (χ0n) is 16.4. The van der Waals surface area contributed by atoms with Gasteiger partial charge in [0.1, 0.15) is 5.75 Å². The Hall–Kier alpha value is -3.22. The molecule has 0 fully saturated rings. The molecule has 29 heavy (non-hydrogen) atoms. The van der Waals surface area contributed by atoms with E-state index < -0.39 is 24.0 Å².